The summed E-state index contributed by atoms with van der Waals surface area (Å²) >= 11 is 0.803. The van der Waals surface area contributed by atoms with Crippen LogP contribution in [0.3, 0.4) is 0 Å². The molecule has 1 aromatic carbocycles. The summed E-state index contributed by atoms with van der Waals surface area (Å²) in [6.45, 7) is 5.53. The molecule has 7 nitrogen and oxygen atoms in total. The van der Waals surface area contributed by atoms with Gasteiger partial charge in [-0.15, -0.1) is 0 Å². The number of hydrogen-bond acceptors (Lipinski definition) is 7. The Labute approximate surface area is 242 Å². The lowest BCUT2D eigenvalue weighted by molar-refractivity contribution is -0.117. The summed E-state index contributed by atoms with van der Waals surface area (Å²) in [4.78, 5) is 47.7. The molecule has 0 spiro atoms. The van der Waals surface area contributed by atoms with Gasteiger partial charge in [-0.25, -0.2) is 13.8 Å². The van der Waals surface area contributed by atoms with Crippen molar-refractivity contribution in [2.24, 2.45) is 17.8 Å². The maximum absolute atomic E-state index is 14.9. The second kappa shape index (κ2) is 12.5. The predicted molar refractivity (Wildman–Crippen MR) is 156 cm³/mol. The lowest BCUT2D eigenvalue weighted by Crippen LogP contribution is -2.26. The first kappa shape index (κ1) is 28.9. The molecule has 0 radical (unpaired) electrons. The Kier molecular flexibility index (Phi) is 8.77. The van der Waals surface area contributed by atoms with E-state index in [0.29, 0.717) is 48.0 Å². The van der Waals surface area contributed by atoms with Gasteiger partial charge in [0.15, 0.2) is 5.78 Å². The van der Waals surface area contributed by atoms with Gasteiger partial charge >= 0.3 is 0 Å². The van der Waals surface area contributed by atoms with E-state index in [-0.39, 0.29) is 28.1 Å². The molecule has 2 fully saturated rings. The minimum absolute atomic E-state index is 0.0930. The standard InChI is InChI=1S/C31H32F2N4O3S/c1-18-5-7-25(33)23(12-18)27(38)13-19(2)21-4-3-10-37(11-9-21)29-17-34-16-26(35-29)22-14-20(6-8-24(22)32)15-28-30(39)36-31(40)41-28/h5-8,14-19,21H,3-4,9-13H2,1-2H3,(H,36,39,40). The Hall–Kier alpha value is -3.66. The Morgan fingerprint density at radius 1 is 1.22 bits per heavy atom. The quantitative estimate of drug-likeness (QED) is 0.369. The molecular weight excluding hydrogens is 546 g/mol. The van der Waals surface area contributed by atoms with Gasteiger partial charge in [0.1, 0.15) is 17.5 Å². The molecule has 10 heteroatoms. The van der Waals surface area contributed by atoms with Crippen molar-refractivity contribution in [2.75, 3.05) is 18.0 Å². The van der Waals surface area contributed by atoms with E-state index in [9.17, 15) is 23.2 Å². The zero-order valence-corrected chi connectivity index (χ0v) is 23.8. The van der Waals surface area contributed by atoms with Gasteiger partial charge < -0.3 is 4.90 Å². The molecule has 2 amide bonds. The van der Waals surface area contributed by atoms with Crippen LogP contribution >= 0.6 is 11.8 Å². The minimum atomic E-state index is -0.476. The number of Topliss-reactive ketones (excluding diaryl/α,β-unsaturated/α-hetero) is 1. The number of carbonyl (C=O) groups is 3. The Balaban J connectivity index is 1.26. The van der Waals surface area contributed by atoms with Crippen LogP contribution in [0.1, 0.15) is 51.5 Å². The molecular formula is C31H32F2N4O3S. The average molecular weight is 579 g/mol. The molecule has 3 heterocycles. The van der Waals surface area contributed by atoms with Crippen LogP contribution in [0.25, 0.3) is 17.3 Å². The molecule has 0 bridgehead atoms. The number of nitrogens with zero attached hydrogens (tertiary/aromatic N) is 3. The van der Waals surface area contributed by atoms with E-state index in [1.807, 2.05) is 6.92 Å². The molecule has 1 N–H and O–H groups in total. The molecule has 214 valence electrons. The number of ketones is 1. The third-order valence-electron chi connectivity index (χ3n) is 7.96. The second-order valence-electron chi connectivity index (χ2n) is 11.0. The van der Waals surface area contributed by atoms with Gasteiger partial charge in [0.25, 0.3) is 11.1 Å². The van der Waals surface area contributed by atoms with Gasteiger partial charge in [-0.2, -0.15) is 0 Å². The topological polar surface area (TPSA) is 92.3 Å². The van der Waals surface area contributed by atoms with Crippen LogP contribution in [0.2, 0.25) is 0 Å². The van der Waals surface area contributed by atoms with E-state index < -0.39 is 22.8 Å². The summed E-state index contributed by atoms with van der Waals surface area (Å²) in [5.74, 6) is -0.187. The fourth-order valence-electron chi connectivity index (χ4n) is 5.63. The molecule has 2 saturated heterocycles. The van der Waals surface area contributed by atoms with E-state index in [1.54, 1.807) is 24.4 Å². The molecule has 2 aromatic rings. The largest absolute Gasteiger partial charge is 0.355 e. The summed E-state index contributed by atoms with van der Waals surface area (Å²) in [6.07, 6.45) is 11.4. The monoisotopic (exact) mass is 578 g/mol. The van der Waals surface area contributed by atoms with Crippen molar-refractivity contribution in [2.45, 2.75) is 46.0 Å². The number of amides is 2. The van der Waals surface area contributed by atoms with Crippen LogP contribution in [0.4, 0.5) is 19.4 Å². The summed E-state index contributed by atoms with van der Waals surface area (Å²) in [5.41, 5.74) is 1.50. The molecule has 2 aliphatic heterocycles. The first-order valence-electron chi connectivity index (χ1n) is 13.9. The third-order valence-corrected chi connectivity index (χ3v) is 8.77. The zero-order chi connectivity index (χ0) is 29.1. The highest BCUT2D eigenvalue weighted by atomic mass is 32.2. The van der Waals surface area contributed by atoms with Crippen LogP contribution < -0.4 is 10.2 Å². The van der Waals surface area contributed by atoms with Crippen molar-refractivity contribution in [3.8, 4) is 11.3 Å². The number of nitrogens with one attached hydrogen (secondary N) is 1. The number of allylic oxidation sites excluding steroid dienone is 4. The number of imide groups is 1. The Bertz CT molecular complexity index is 1470. The average Bonchev–Trinajstić information content (AvgIpc) is 3.12. The lowest BCUT2D eigenvalue weighted by atomic mass is 9.82. The second-order valence-corrected chi connectivity index (χ2v) is 12.0. The highest BCUT2D eigenvalue weighted by Gasteiger charge is 2.28. The van der Waals surface area contributed by atoms with Gasteiger partial charge in [-0.05, 0) is 85.0 Å². The molecule has 1 aromatic heterocycles. The van der Waals surface area contributed by atoms with Gasteiger partial charge in [0, 0.05) is 30.6 Å². The number of thioether (sulfide) groups is 1. The van der Waals surface area contributed by atoms with Crippen LogP contribution in [-0.2, 0) is 9.59 Å². The number of benzene rings is 1. The van der Waals surface area contributed by atoms with E-state index in [4.69, 9.17) is 4.98 Å². The number of hydrogen-bond donors (Lipinski definition) is 1. The Morgan fingerprint density at radius 2 is 2.05 bits per heavy atom. The summed E-state index contributed by atoms with van der Waals surface area (Å²) in [5, 5.41) is 1.77. The van der Waals surface area contributed by atoms with Crippen LogP contribution in [-0.4, -0.2) is 40.0 Å². The van der Waals surface area contributed by atoms with Crippen molar-refractivity contribution < 1.29 is 23.2 Å². The van der Waals surface area contributed by atoms with Crippen molar-refractivity contribution in [3.63, 3.8) is 0 Å². The SMILES string of the molecule is CC1C=CC(F)=C(C(=O)CC(C)C2CCCN(c3cncc(-c4cc(C=C5SC(=O)NC5=O)ccc4F)n3)CC2)C1. The number of carbonyl (C=O) groups excluding carboxylic acids is 3. The minimum Gasteiger partial charge on any atom is -0.355 e. The van der Waals surface area contributed by atoms with E-state index in [2.05, 4.69) is 22.1 Å². The fourth-order valence-corrected chi connectivity index (χ4v) is 6.31. The summed E-state index contributed by atoms with van der Waals surface area (Å²) < 4.78 is 29.2. The fraction of sp³-hybridized carbons (Fsp3) is 0.387. The Morgan fingerprint density at radius 3 is 2.83 bits per heavy atom. The van der Waals surface area contributed by atoms with E-state index in [0.717, 1.165) is 37.6 Å². The lowest BCUT2D eigenvalue weighted by Gasteiger charge is -2.24. The molecule has 3 aliphatic rings. The molecule has 0 saturated carbocycles. The normalized spacial score (nSPS) is 23.1. The summed E-state index contributed by atoms with van der Waals surface area (Å²) in [6, 6.07) is 4.43. The molecule has 1 aliphatic carbocycles. The molecule has 3 unspecified atom stereocenters. The van der Waals surface area contributed by atoms with Crippen LogP contribution in [0.15, 0.2) is 59.0 Å². The number of rotatable bonds is 7. The third kappa shape index (κ3) is 6.81. The van der Waals surface area contributed by atoms with Crippen molar-refractivity contribution in [1.29, 1.82) is 0 Å². The number of halogens is 2. The van der Waals surface area contributed by atoms with Gasteiger partial charge in [0.05, 0.1) is 23.0 Å². The molecule has 3 atom stereocenters. The smallest absolute Gasteiger partial charge is 0.290 e. The molecule has 5 rings (SSSR count). The maximum atomic E-state index is 14.9. The highest BCUT2D eigenvalue weighted by Crippen LogP contribution is 2.33. The van der Waals surface area contributed by atoms with Gasteiger partial charge in [-0.1, -0.05) is 26.0 Å². The van der Waals surface area contributed by atoms with Crippen molar-refractivity contribution in [1.82, 2.24) is 15.3 Å². The summed E-state index contributed by atoms with van der Waals surface area (Å²) in [7, 11) is 0. The zero-order valence-electron chi connectivity index (χ0n) is 23.0. The number of aromatic nitrogens is 2. The number of anilines is 1. The molecule has 41 heavy (non-hydrogen) atoms. The van der Waals surface area contributed by atoms with Gasteiger partial charge in [0.2, 0.25) is 0 Å². The maximum Gasteiger partial charge on any atom is 0.290 e. The van der Waals surface area contributed by atoms with Crippen molar-refractivity contribution >= 4 is 40.6 Å². The van der Waals surface area contributed by atoms with Crippen LogP contribution in [0.5, 0.6) is 0 Å². The van der Waals surface area contributed by atoms with Crippen molar-refractivity contribution in [3.05, 3.63) is 70.4 Å². The first-order chi connectivity index (χ1) is 19.7. The van der Waals surface area contributed by atoms with Crippen LogP contribution in [0, 0.1) is 23.6 Å². The highest BCUT2D eigenvalue weighted by molar-refractivity contribution is 8.18. The van der Waals surface area contributed by atoms with E-state index >= 15 is 0 Å². The van der Waals surface area contributed by atoms with E-state index in [1.165, 1.54) is 24.4 Å². The predicted octanol–water partition coefficient (Wildman–Crippen LogP) is 6.63. The van der Waals surface area contributed by atoms with Gasteiger partial charge in [-0.3, -0.25) is 24.7 Å². The first-order valence-corrected chi connectivity index (χ1v) is 14.7.